The first kappa shape index (κ1) is 11.4. The molecule has 1 heterocycles. The van der Waals surface area contributed by atoms with Crippen LogP contribution in [0.2, 0.25) is 0 Å². The molecule has 15 heavy (non-hydrogen) atoms. The van der Waals surface area contributed by atoms with E-state index in [1.54, 1.807) is 12.3 Å². The molecular formula is C8H9ClN4O2. The van der Waals surface area contributed by atoms with Gasteiger partial charge in [-0.15, -0.1) is 11.6 Å². The van der Waals surface area contributed by atoms with Gasteiger partial charge in [-0.1, -0.05) is 0 Å². The lowest BCUT2D eigenvalue weighted by molar-refractivity contribution is -0.117. The zero-order valence-corrected chi connectivity index (χ0v) is 8.49. The minimum absolute atomic E-state index is 0.226. The van der Waals surface area contributed by atoms with Crippen molar-refractivity contribution in [2.45, 2.75) is 6.54 Å². The van der Waals surface area contributed by atoms with Crippen LogP contribution in [0.15, 0.2) is 18.6 Å². The van der Waals surface area contributed by atoms with Gasteiger partial charge in [-0.05, 0) is 6.07 Å². The minimum Gasteiger partial charge on any atom is -0.332 e. The van der Waals surface area contributed by atoms with Crippen molar-refractivity contribution < 1.29 is 9.59 Å². The van der Waals surface area contributed by atoms with Gasteiger partial charge in [0.05, 0.1) is 12.2 Å². The van der Waals surface area contributed by atoms with E-state index in [2.05, 4.69) is 15.3 Å². The third kappa shape index (κ3) is 4.37. The lowest BCUT2D eigenvalue weighted by Gasteiger charge is -2.04. The van der Waals surface area contributed by atoms with E-state index in [-0.39, 0.29) is 12.4 Å². The molecule has 0 aliphatic heterocycles. The molecule has 2 N–H and O–H groups in total. The average molecular weight is 229 g/mol. The molecular weight excluding hydrogens is 220 g/mol. The van der Waals surface area contributed by atoms with Crippen LogP contribution in [0.3, 0.4) is 0 Å². The highest BCUT2D eigenvalue weighted by molar-refractivity contribution is 6.28. The standard InChI is InChI=1S/C8H9ClN4O2/c9-3-7(14)13-8(15)11-4-6-1-2-10-5-12-6/h1-2,5H,3-4H2,(H2,11,13,14,15). The van der Waals surface area contributed by atoms with Crippen LogP contribution in [0, 0.1) is 0 Å². The molecule has 0 atom stereocenters. The van der Waals surface area contributed by atoms with Crippen molar-refractivity contribution in [3.8, 4) is 0 Å². The Morgan fingerprint density at radius 1 is 1.47 bits per heavy atom. The van der Waals surface area contributed by atoms with Gasteiger partial charge >= 0.3 is 6.03 Å². The lowest BCUT2D eigenvalue weighted by Crippen LogP contribution is -2.39. The summed E-state index contributed by atoms with van der Waals surface area (Å²) in [5, 5.41) is 4.48. The highest BCUT2D eigenvalue weighted by atomic mass is 35.5. The number of aromatic nitrogens is 2. The number of hydrogen-bond donors (Lipinski definition) is 2. The van der Waals surface area contributed by atoms with Crippen LogP contribution in [0.25, 0.3) is 0 Å². The fourth-order valence-corrected chi connectivity index (χ4v) is 0.865. The van der Waals surface area contributed by atoms with Crippen LogP contribution in [-0.4, -0.2) is 27.8 Å². The molecule has 3 amide bonds. The van der Waals surface area contributed by atoms with Crippen LogP contribution < -0.4 is 10.6 Å². The molecule has 0 aliphatic rings. The first-order chi connectivity index (χ1) is 7.22. The number of hydrogen-bond acceptors (Lipinski definition) is 4. The van der Waals surface area contributed by atoms with Crippen molar-refractivity contribution in [1.29, 1.82) is 0 Å². The summed E-state index contributed by atoms with van der Waals surface area (Å²) in [6.07, 6.45) is 2.94. The quantitative estimate of drug-likeness (QED) is 0.716. The van der Waals surface area contributed by atoms with E-state index < -0.39 is 11.9 Å². The molecule has 0 bridgehead atoms. The average Bonchev–Trinajstić information content (AvgIpc) is 2.27. The number of halogens is 1. The van der Waals surface area contributed by atoms with Gasteiger partial charge in [0.2, 0.25) is 5.91 Å². The highest BCUT2D eigenvalue weighted by Crippen LogP contribution is 1.89. The number of imide groups is 1. The summed E-state index contributed by atoms with van der Waals surface area (Å²) >= 11 is 5.20. The molecule has 7 heteroatoms. The van der Waals surface area contributed by atoms with Crippen LogP contribution in [0.4, 0.5) is 4.79 Å². The summed E-state index contributed by atoms with van der Waals surface area (Å²) in [5.74, 6) is -0.794. The first-order valence-corrected chi connectivity index (χ1v) is 4.64. The van der Waals surface area contributed by atoms with E-state index in [1.807, 2.05) is 5.32 Å². The van der Waals surface area contributed by atoms with Gasteiger partial charge in [0.1, 0.15) is 12.2 Å². The van der Waals surface area contributed by atoms with Crippen molar-refractivity contribution in [3.05, 3.63) is 24.3 Å². The van der Waals surface area contributed by atoms with Crippen molar-refractivity contribution in [2.24, 2.45) is 0 Å². The van der Waals surface area contributed by atoms with E-state index in [9.17, 15) is 9.59 Å². The van der Waals surface area contributed by atoms with Crippen molar-refractivity contribution >= 4 is 23.5 Å². The number of carbonyl (C=O) groups excluding carboxylic acids is 2. The number of nitrogens with zero attached hydrogens (tertiary/aromatic N) is 2. The second kappa shape index (κ2) is 5.92. The predicted octanol–water partition coefficient (Wildman–Crippen LogP) is 0.0412. The van der Waals surface area contributed by atoms with Crippen molar-refractivity contribution in [2.75, 3.05) is 5.88 Å². The lowest BCUT2D eigenvalue weighted by atomic mass is 10.4. The fraction of sp³-hybridized carbons (Fsp3) is 0.250. The Labute approximate surface area is 91.1 Å². The summed E-state index contributed by atoms with van der Waals surface area (Å²) in [7, 11) is 0. The van der Waals surface area contributed by atoms with E-state index in [0.29, 0.717) is 5.69 Å². The van der Waals surface area contributed by atoms with Crippen molar-refractivity contribution in [3.63, 3.8) is 0 Å². The first-order valence-electron chi connectivity index (χ1n) is 4.11. The summed E-state index contributed by atoms with van der Waals surface area (Å²) in [6, 6.07) is 1.06. The van der Waals surface area contributed by atoms with Gasteiger partial charge in [0.25, 0.3) is 0 Å². The van der Waals surface area contributed by atoms with E-state index in [0.717, 1.165) is 0 Å². The smallest absolute Gasteiger partial charge is 0.321 e. The predicted molar refractivity (Wildman–Crippen MR) is 53.1 cm³/mol. The second-order valence-corrected chi connectivity index (χ2v) is 2.83. The molecule has 1 aromatic heterocycles. The largest absolute Gasteiger partial charge is 0.332 e. The normalized spacial score (nSPS) is 9.40. The Balaban J connectivity index is 2.32. The highest BCUT2D eigenvalue weighted by Gasteiger charge is 2.05. The maximum Gasteiger partial charge on any atom is 0.321 e. The molecule has 0 unspecified atom stereocenters. The summed E-state index contributed by atoms with van der Waals surface area (Å²) < 4.78 is 0. The molecule has 0 radical (unpaired) electrons. The Kier molecular flexibility index (Phi) is 4.49. The minimum atomic E-state index is -0.598. The number of alkyl halides is 1. The van der Waals surface area contributed by atoms with Crippen LogP contribution in [0.1, 0.15) is 5.69 Å². The summed E-state index contributed by atoms with van der Waals surface area (Å²) in [4.78, 5) is 29.4. The molecule has 80 valence electrons. The molecule has 0 saturated carbocycles. The van der Waals surface area contributed by atoms with Gasteiger partial charge < -0.3 is 5.32 Å². The third-order valence-corrected chi connectivity index (χ3v) is 1.69. The van der Waals surface area contributed by atoms with Gasteiger partial charge in [-0.25, -0.2) is 14.8 Å². The maximum absolute atomic E-state index is 11.0. The molecule has 0 spiro atoms. The number of amides is 3. The van der Waals surface area contributed by atoms with Gasteiger partial charge in [0.15, 0.2) is 0 Å². The number of urea groups is 1. The topological polar surface area (TPSA) is 84.0 Å². The van der Waals surface area contributed by atoms with Gasteiger partial charge in [0, 0.05) is 6.20 Å². The number of carbonyl (C=O) groups is 2. The maximum atomic E-state index is 11.0. The molecule has 6 nitrogen and oxygen atoms in total. The number of nitrogens with one attached hydrogen (secondary N) is 2. The van der Waals surface area contributed by atoms with E-state index in [1.165, 1.54) is 6.33 Å². The Morgan fingerprint density at radius 2 is 2.27 bits per heavy atom. The van der Waals surface area contributed by atoms with Gasteiger partial charge in [-0.2, -0.15) is 0 Å². The van der Waals surface area contributed by atoms with Crippen LogP contribution >= 0.6 is 11.6 Å². The zero-order chi connectivity index (χ0) is 11.1. The molecule has 1 rings (SSSR count). The summed E-state index contributed by atoms with van der Waals surface area (Å²) in [5.41, 5.74) is 0.651. The number of rotatable bonds is 3. The molecule has 0 aliphatic carbocycles. The monoisotopic (exact) mass is 228 g/mol. The Bertz CT molecular complexity index is 344. The SMILES string of the molecule is O=C(CCl)NC(=O)NCc1ccncn1. The second-order valence-electron chi connectivity index (χ2n) is 2.57. The molecule has 0 aromatic carbocycles. The fourth-order valence-electron chi connectivity index (χ4n) is 0.798. The van der Waals surface area contributed by atoms with E-state index >= 15 is 0 Å². The van der Waals surface area contributed by atoms with Crippen molar-refractivity contribution in [1.82, 2.24) is 20.6 Å². The molecule has 0 fully saturated rings. The Hall–Kier alpha value is -1.69. The van der Waals surface area contributed by atoms with Gasteiger partial charge in [-0.3, -0.25) is 10.1 Å². The van der Waals surface area contributed by atoms with E-state index in [4.69, 9.17) is 11.6 Å². The molecule has 0 saturated heterocycles. The Morgan fingerprint density at radius 3 is 2.87 bits per heavy atom. The summed E-state index contributed by atoms with van der Waals surface area (Å²) in [6.45, 7) is 0.226. The zero-order valence-electron chi connectivity index (χ0n) is 7.74. The van der Waals surface area contributed by atoms with Crippen LogP contribution in [0.5, 0.6) is 0 Å². The molecule has 1 aromatic rings. The van der Waals surface area contributed by atoms with Crippen LogP contribution in [-0.2, 0) is 11.3 Å². The third-order valence-electron chi connectivity index (χ3n) is 1.45.